The van der Waals surface area contributed by atoms with Gasteiger partial charge in [0.25, 0.3) is 0 Å². The highest BCUT2D eigenvalue weighted by molar-refractivity contribution is 5.81. The molecule has 1 aliphatic carbocycles. The van der Waals surface area contributed by atoms with Crippen molar-refractivity contribution in [3.8, 4) is 11.4 Å². The number of nitrogens with two attached hydrogens (primary N) is 1. The summed E-state index contributed by atoms with van der Waals surface area (Å²) in [7, 11) is 0. The molecule has 0 unspecified atom stereocenters. The number of hydrogen-bond donors (Lipinski definition) is 2. The van der Waals surface area contributed by atoms with E-state index < -0.39 is 0 Å². The maximum Gasteiger partial charge on any atom is 0.242 e. The number of pyridine rings is 1. The molecule has 2 aliphatic rings. The molecule has 0 amide bonds. The van der Waals surface area contributed by atoms with Crippen molar-refractivity contribution >= 4 is 22.5 Å². The fourth-order valence-corrected chi connectivity index (χ4v) is 2.41. The molecule has 3 N–H and O–H groups in total. The Morgan fingerprint density at radius 1 is 1.09 bits per heavy atom. The van der Waals surface area contributed by atoms with Crippen LogP contribution in [0.5, 0.6) is 0 Å². The average molecular weight is 304 g/mol. The number of aromatic nitrogens is 4. The van der Waals surface area contributed by atoms with Gasteiger partial charge in [-0.15, -0.1) is 0 Å². The van der Waals surface area contributed by atoms with E-state index in [0.717, 1.165) is 16.6 Å². The Morgan fingerprint density at radius 3 is 2.91 bits per heavy atom. The van der Waals surface area contributed by atoms with Crippen LogP contribution in [0.1, 0.15) is 0 Å². The van der Waals surface area contributed by atoms with Crippen molar-refractivity contribution in [2.45, 2.75) is 0 Å². The van der Waals surface area contributed by atoms with Crippen molar-refractivity contribution in [1.82, 2.24) is 19.9 Å². The van der Waals surface area contributed by atoms with E-state index in [0.29, 0.717) is 21.6 Å². The summed E-state index contributed by atoms with van der Waals surface area (Å²) in [5.74, 6) is 0.00622. The molecule has 1 aromatic heterocycles. The van der Waals surface area contributed by atoms with E-state index in [1.54, 1.807) is 18.3 Å². The first-order chi connectivity index (χ1) is 11.2. The first-order valence-electron chi connectivity index (χ1n) is 6.94. The number of fused-ring (bicyclic) bond motifs is 2. The molecule has 0 saturated carbocycles. The SMILES string of the molecule is Nc1nc2ccc(=Nc3ccc4ncccc4c3)cc-2n(O)n1. The Bertz CT molecular complexity index is 1060. The standard InChI is InChI=1S/C16H12N6O/c17-16-20-14-6-4-12(9-15(14)22(23)21-16)19-11-3-5-13-10(8-11)2-1-7-18-13/h1-9,23H,(H2,17,21). The van der Waals surface area contributed by atoms with Crippen LogP contribution < -0.4 is 11.1 Å². The van der Waals surface area contributed by atoms with Gasteiger partial charge in [0.05, 0.1) is 22.3 Å². The van der Waals surface area contributed by atoms with Gasteiger partial charge in [-0.2, -0.15) is 0 Å². The number of benzene rings is 2. The molecular formula is C16H12N6O. The van der Waals surface area contributed by atoms with Crippen LogP contribution in [0.4, 0.5) is 11.6 Å². The van der Waals surface area contributed by atoms with Crippen LogP contribution in [-0.4, -0.2) is 25.1 Å². The number of rotatable bonds is 1. The molecule has 7 nitrogen and oxygen atoms in total. The van der Waals surface area contributed by atoms with E-state index in [1.165, 1.54) is 0 Å². The van der Waals surface area contributed by atoms with E-state index in [-0.39, 0.29) is 5.95 Å². The highest BCUT2D eigenvalue weighted by Gasteiger charge is 2.09. The molecule has 2 heterocycles. The fraction of sp³-hybridized carbons (Fsp3) is 0. The lowest BCUT2D eigenvalue weighted by Crippen LogP contribution is -2.13. The first-order valence-corrected chi connectivity index (χ1v) is 6.94. The van der Waals surface area contributed by atoms with Crippen molar-refractivity contribution in [2.75, 3.05) is 5.73 Å². The third-order valence-corrected chi connectivity index (χ3v) is 3.45. The van der Waals surface area contributed by atoms with Gasteiger partial charge in [-0.3, -0.25) is 4.98 Å². The molecule has 1 aromatic carbocycles. The summed E-state index contributed by atoms with van der Waals surface area (Å²) in [5.41, 5.74) is 8.20. The molecular weight excluding hydrogens is 292 g/mol. The third kappa shape index (κ3) is 2.44. The second kappa shape index (κ2) is 5.06. The largest absolute Gasteiger partial charge is 0.411 e. The molecule has 0 radical (unpaired) electrons. The molecule has 0 saturated heterocycles. The monoisotopic (exact) mass is 304 g/mol. The smallest absolute Gasteiger partial charge is 0.242 e. The Balaban J connectivity index is 1.87. The predicted molar refractivity (Wildman–Crippen MR) is 85.2 cm³/mol. The maximum absolute atomic E-state index is 9.82. The van der Waals surface area contributed by atoms with Crippen LogP contribution in [0.3, 0.4) is 0 Å². The van der Waals surface area contributed by atoms with Gasteiger partial charge < -0.3 is 10.9 Å². The van der Waals surface area contributed by atoms with E-state index >= 15 is 0 Å². The molecule has 0 bridgehead atoms. The van der Waals surface area contributed by atoms with E-state index in [9.17, 15) is 5.21 Å². The van der Waals surface area contributed by atoms with Gasteiger partial charge >= 0.3 is 0 Å². The Labute approximate surface area is 130 Å². The predicted octanol–water partition coefficient (Wildman–Crippen LogP) is 1.98. The highest BCUT2D eigenvalue weighted by Crippen LogP contribution is 2.20. The van der Waals surface area contributed by atoms with Crippen molar-refractivity contribution in [3.05, 3.63) is 60.1 Å². The molecule has 0 fully saturated rings. The topological polar surface area (TPSA) is 102 Å². The minimum Gasteiger partial charge on any atom is -0.411 e. The molecule has 0 atom stereocenters. The van der Waals surface area contributed by atoms with Crippen LogP contribution in [0.15, 0.2) is 59.7 Å². The third-order valence-electron chi connectivity index (χ3n) is 3.45. The van der Waals surface area contributed by atoms with Crippen molar-refractivity contribution in [2.24, 2.45) is 4.99 Å². The summed E-state index contributed by atoms with van der Waals surface area (Å²) in [6.45, 7) is 0. The zero-order valence-electron chi connectivity index (χ0n) is 12.0. The number of hydrogen-bond acceptors (Lipinski definition) is 6. The second-order valence-corrected chi connectivity index (χ2v) is 5.02. The molecule has 112 valence electrons. The quantitative estimate of drug-likeness (QED) is 0.523. The van der Waals surface area contributed by atoms with Crippen LogP contribution in [0.25, 0.3) is 22.3 Å². The van der Waals surface area contributed by atoms with Gasteiger partial charge in [0.15, 0.2) is 0 Å². The zero-order valence-corrected chi connectivity index (χ0v) is 12.0. The van der Waals surface area contributed by atoms with Gasteiger partial charge in [0.1, 0.15) is 5.69 Å². The summed E-state index contributed by atoms with van der Waals surface area (Å²) >= 11 is 0. The summed E-state index contributed by atoms with van der Waals surface area (Å²) in [5, 5.41) is 15.2. The summed E-state index contributed by atoms with van der Waals surface area (Å²) in [4.78, 5) is 13.6. The van der Waals surface area contributed by atoms with E-state index in [1.807, 2.05) is 36.4 Å². The Morgan fingerprint density at radius 2 is 2.00 bits per heavy atom. The van der Waals surface area contributed by atoms with E-state index in [4.69, 9.17) is 5.73 Å². The van der Waals surface area contributed by atoms with Crippen molar-refractivity contribution in [3.63, 3.8) is 0 Å². The number of anilines is 1. The summed E-state index contributed by atoms with van der Waals surface area (Å²) < 4.78 is 0. The minimum atomic E-state index is 0.00622. The van der Waals surface area contributed by atoms with Crippen LogP contribution >= 0.6 is 0 Å². The van der Waals surface area contributed by atoms with Crippen LogP contribution in [0, 0.1) is 0 Å². The summed E-state index contributed by atoms with van der Waals surface area (Å²) in [6.07, 6.45) is 1.76. The van der Waals surface area contributed by atoms with Gasteiger partial charge in [0, 0.05) is 11.6 Å². The van der Waals surface area contributed by atoms with Crippen LogP contribution in [0.2, 0.25) is 0 Å². The number of nitrogen functional groups attached to an aromatic ring is 1. The second-order valence-electron chi connectivity index (χ2n) is 5.02. The highest BCUT2D eigenvalue weighted by atomic mass is 16.5. The van der Waals surface area contributed by atoms with Gasteiger partial charge in [-0.25, -0.2) is 9.98 Å². The first kappa shape index (κ1) is 13.2. The lowest BCUT2D eigenvalue weighted by molar-refractivity contribution is 0.148. The molecule has 4 rings (SSSR count). The number of nitrogens with zero attached hydrogens (tertiary/aromatic N) is 5. The summed E-state index contributed by atoms with van der Waals surface area (Å²) in [6, 6.07) is 14.9. The van der Waals surface area contributed by atoms with E-state index in [2.05, 4.69) is 20.1 Å². The zero-order chi connectivity index (χ0) is 15.8. The lowest BCUT2D eigenvalue weighted by atomic mass is 10.2. The van der Waals surface area contributed by atoms with Crippen LogP contribution in [-0.2, 0) is 0 Å². The average Bonchev–Trinajstić information content (AvgIpc) is 2.55. The minimum absolute atomic E-state index is 0.00622. The van der Waals surface area contributed by atoms with Crippen molar-refractivity contribution < 1.29 is 5.21 Å². The Hall–Kier alpha value is -3.48. The Kier molecular flexibility index (Phi) is 2.90. The maximum atomic E-state index is 9.82. The molecule has 1 aliphatic heterocycles. The van der Waals surface area contributed by atoms with Crippen molar-refractivity contribution in [1.29, 1.82) is 0 Å². The normalized spacial score (nSPS) is 12.1. The molecule has 2 aromatic rings. The van der Waals surface area contributed by atoms with Gasteiger partial charge in [-0.05, 0) is 42.5 Å². The lowest BCUT2D eigenvalue weighted by Gasteiger charge is -2.08. The molecule has 23 heavy (non-hydrogen) atoms. The molecule has 0 spiro atoms. The van der Waals surface area contributed by atoms with Gasteiger partial charge in [-0.1, -0.05) is 16.0 Å². The van der Waals surface area contributed by atoms with Gasteiger partial charge in [0.2, 0.25) is 5.95 Å². The molecule has 7 heteroatoms. The fourth-order valence-electron chi connectivity index (χ4n) is 2.41.